The smallest absolute Gasteiger partial charge is 0.191 e. The van der Waals surface area contributed by atoms with Crippen LogP contribution in [0.4, 0.5) is 0 Å². The fourth-order valence-corrected chi connectivity index (χ4v) is 3.12. The second kappa shape index (κ2) is 13.1. The van der Waals surface area contributed by atoms with E-state index < -0.39 is 0 Å². The zero-order valence-corrected chi connectivity index (χ0v) is 20.7. The Balaban J connectivity index is 0.00000341. The first kappa shape index (κ1) is 24.8. The predicted octanol–water partition coefficient (Wildman–Crippen LogP) is 3.46. The molecule has 0 radical (unpaired) electrons. The highest BCUT2D eigenvalue weighted by atomic mass is 127. The second-order valence-electron chi connectivity index (χ2n) is 7.39. The third kappa shape index (κ3) is 7.95. The topological polar surface area (TPSA) is 70.4 Å². The maximum absolute atomic E-state index is 4.48. The van der Waals surface area contributed by atoms with Crippen molar-refractivity contribution in [3.63, 3.8) is 0 Å². The number of pyridine rings is 1. The number of nitrogens with one attached hydrogen (secondary N) is 2. The molecule has 2 N–H and O–H groups in total. The van der Waals surface area contributed by atoms with Crippen molar-refractivity contribution in [2.75, 3.05) is 20.6 Å². The lowest BCUT2D eigenvalue weighted by Crippen LogP contribution is -2.39. The molecule has 0 saturated carbocycles. The summed E-state index contributed by atoms with van der Waals surface area (Å²) in [5.74, 6) is 1.65. The van der Waals surface area contributed by atoms with Crippen LogP contribution in [0, 0.1) is 0 Å². The van der Waals surface area contributed by atoms with Crippen molar-refractivity contribution in [2.45, 2.75) is 32.5 Å². The van der Waals surface area contributed by atoms with Gasteiger partial charge in [-0.3, -0.25) is 14.5 Å². The number of halogens is 1. The van der Waals surface area contributed by atoms with Crippen LogP contribution < -0.4 is 10.6 Å². The van der Waals surface area contributed by atoms with Crippen LogP contribution in [0.3, 0.4) is 0 Å². The Kier molecular flexibility index (Phi) is 10.5. The Labute approximate surface area is 202 Å². The summed E-state index contributed by atoms with van der Waals surface area (Å²) in [4.78, 5) is 15.2. The van der Waals surface area contributed by atoms with Crippen LogP contribution in [0.25, 0.3) is 5.82 Å². The van der Waals surface area contributed by atoms with E-state index in [0.717, 1.165) is 36.9 Å². The van der Waals surface area contributed by atoms with Crippen LogP contribution in [-0.2, 0) is 13.1 Å². The molecule has 0 amide bonds. The summed E-state index contributed by atoms with van der Waals surface area (Å²) < 4.78 is 1.88. The third-order valence-electron chi connectivity index (χ3n) is 5.14. The van der Waals surface area contributed by atoms with E-state index in [4.69, 9.17) is 0 Å². The molecule has 0 spiro atoms. The highest BCUT2D eigenvalue weighted by Crippen LogP contribution is 2.08. The van der Waals surface area contributed by atoms with Crippen LogP contribution in [0.15, 0.2) is 72.4 Å². The minimum atomic E-state index is 0. The molecular formula is C23H32IN7. The number of hydrogen-bond acceptors (Lipinski definition) is 4. The van der Waals surface area contributed by atoms with E-state index in [1.54, 1.807) is 19.6 Å². The van der Waals surface area contributed by atoms with Crippen molar-refractivity contribution >= 4 is 29.9 Å². The zero-order chi connectivity index (χ0) is 21.2. The van der Waals surface area contributed by atoms with Gasteiger partial charge >= 0.3 is 0 Å². The minimum Gasteiger partial charge on any atom is -0.356 e. The highest BCUT2D eigenvalue weighted by Gasteiger charge is 2.10. The van der Waals surface area contributed by atoms with Crippen LogP contribution >= 0.6 is 24.0 Å². The number of aliphatic imine (C=N–C) groups is 1. The van der Waals surface area contributed by atoms with E-state index >= 15 is 0 Å². The van der Waals surface area contributed by atoms with Crippen LogP contribution in [0.1, 0.15) is 24.5 Å². The lowest BCUT2D eigenvalue weighted by molar-refractivity contribution is 0.238. The first-order valence-corrected chi connectivity index (χ1v) is 10.3. The van der Waals surface area contributed by atoms with E-state index in [0.29, 0.717) is 12.6 Å². The Bertz CT molecular complexity index is 895. The van der Waals surface area contributed by atoms with Gasteiger partial charge in [-0.05, 0) is 37.6 Å². The highest BCUT2D eigenvalue weighted by molar-refractivity contribution is 14.0. The van der Waals surface area contributed by atoms with Crippen molar-refractivity contribution in [3.05, 3.63) is 78.5 Å². The summed E-state index contributed by atoms with van der Waals surface area (Å²) in [6, 6.07) is 15.1. The van der Waals surface area contributed by atoms with Gasteiger partial charge in [0.05, 0.1) is 0 Å². The van der Waals surface area contributed by atoms with Gasteiger partial charge in [0, 0.05) is 51.3 Å². The largest absolute Gasteiger partial charge is 0.356 e. The Morgan fingerprint density at radius 3 is 2.58 bits per heavy atom. The number of nitrogens with zero attached hydrogens (tertiary/aromatic N) is 5. The average molecular weight is 533 g/mol. The van der Waals surface area contributed by atoms with E-state index in [-0.39, 0.29) is 24.0 Å². The van der Waals surface area contributed by atoms with Gasteiger partial charge in [-0.2, -0.15) is 0 Å². The number of aromatic nitrogens is 3. The molecule has 31 heavy (non-hydrogen) atoms. The molecule has 0 bridgehead atoms. The average Bonchev–Trinajstić information content (AvgIpc) is 3.32. The normalized spacial score (nSPS) is 12.3. The van der Waals surface area contributed by atoms with Gasteiger partial charge in [-0.25, -0.2) is 9.97 Å². The molecular weight excluding hydrogens is 501 g/mol. The van der Waals surface area contributed by atoms with Crippen LogP contribution in [0.5, 0.6) is 0 Å². The second-order valence-corrected chi connectivity index (χ2v) is 7.39. The molecule has 1 aromatic carbocycles. The molecule has 0 aliphatic carbocycles. The third-order valence-corrected chi connectivity index (χ3v) is 5.14. The molecule has 0 aliphatic rings. The van der Waals surface area contributed by atoms with Crippen molar-refractivity contribution in [1.29, 1.82) is 0 Å². The first-order chi connectivity index (χ1) is 14.7. The molecule has 1 atom stereocenters. The van der Waals surface area contributed by atoms with Crippen LogP contribution in [-0.4, -0.2) is 52.1 Å². The number of benzene rings is 1. The number of rotatable bonds is 9. The Hall–Kier alpha value is -2.46. The summed E-state index contributed by atoms with van der Waals surface area (Å²) >= 11 is 0. The summed E-state index contributed by atoms with van der Waals surface area (Å²) in [6.45, 7) is 4.74. The zero-order valence-electron chi connectivity index (χ0n) is 18.4. The van der Waals surface area contributed by atoms with Crippen molar-refractivity contribution in [2.24, 2.45) is 4.99 Å². The summed E-state index contributed by atoms with van der Waals surface area (Å²) in [5.41, 5.74) is 2.43. The Morgan fingerprint density at radius 2 is 1.94 bits per heavy atom. The molecule has 0 saturated heterocycles. The molecule has 0 aliphatic heterocycles. The fourth-order valence-electron chi connectivity index (χ4n) is 3.12. The van der Waals surface area contributed by atoms with Crippen molar-refractivity contribution < 1.29 is 0 Å². The standard InChI is InChI=1S/C23H31N7.HI/c1-19(29(3)17-20-7-5-4-6-8-20)11-12-26-23(24-2)28-16-21-9-10-22(27-15-21)30-14-13-25-18-30;/h4-10,13-15,18-19H,11-12,16-17H2,1-3H3,(H2,24,26,28);1H. The Morgan fingerprint density at radius 1 is 1.13 bits per heavy atom. The van der Waals surface area contributed by atoms with E-state index in [1.165, 1.54) is 5.56 Å². The molecule has 3 aromatic rings. The number of imidazole rings is 1. The van der Waals surface area contributed by atoms with Gasteiger partial charge in [-0.1, -0.05) is 36.4 Å². The van der Waals surface area contributed by atoms with Crippen LogP contribution in [0.2, 0.25) is 0 Å². The lowest BCUT2D eigenvalue weighted by Gasteiger charge is -2.25. The van der Waals surface area contributed by atoms with Gasteiger partial charge < -0.3 is 10.6 Å². The minimum absolute atomic E-state index is 0. The molecule has 8 heteroatoms. The van der Waals surface area contributed by atoms with Crippen molar-refractivity contribution in [3.8, 4) is 5.82 Å². The summed E-state index contributed by atoms with van der Waals surface area (Å²) in [5, 5.41) is 6.75. The predicted molar refractivity (Wildman–Crippen MR) is 137 cm³/mol. The molecule has 2 aromatic heterocycles. The maximum Gasteiger partial charge on any atom is 0.191 e. The van der Waals surface area contributed by atoms with Gasteiger partial charge in [0.1, 0.15) is 12.1 Å². The number of hydrogen-bond donors (Lipinski definition) is 2. The first-order valence-electron chi connectivity index (χ1n) is 10.3. The van der Waals surface area contributed by atoms with E-state index in [1.807, 2.05) is 23.0 Å². The van der Waals surface area contributed by atoms with Crippen molar-refractivity contribution in [1.82, 2.24) is 30.1 Å². The van der Waals surface area contributed by atoms with E-state index in [2.05, 4.69) is 80.9 Å². The van der Waals surface area contributed by atoms with Gasteiger partial charge in [0.2, 0.25) is 0 Å². The van der Waals surface area contributed by atoms with E-state index in [9.17, 15) is 0 Å². The molecule has 3 rings (SSSR count). The fraction of sp³-hybridized carbons (Fsp3) is 0.348. The quantitative estimate of drug-likeness (QED) is 0.251. The van der Waals surface area contributed by atoms with Gasteiger partial charge in [-0.15, -0.1) is 24.0 Å². The summed E-state index contributed by atoms with van der Waals surface area (Å²) in [6.07, 6.45) is 8.27. The molecule has 2 heterocycles. The van der Waals surface area contributed by atoms with Gasteiger partial charge in [0.15, 0.2) is 5.96 Å². The van der Waals surface area contributed by atoms with Gasteiger partial charge in [0.25, 0.3) is 0 Å². The lowest BCUT2D eigenvalue weighted by atomic mass is 10.1. The number of guanidine groups is 1. The monoisotopic (exact) mass is 533 g/mol. The molecule has 166 valence electrons. The maximum atomic E-state index is 4.48. The molecule has 7 nitrogen and oxygen atoms in total. The molecule has 0 fully saturated rings. The molecule has 1 unspecified atom stereocenters. The SMILES string of the molecule is CN=C(NCCC(C)N(C)Cc1ccccc1)NCc1ccc(-n2ccnc2)nc1.I. The summed E-state index contributed by atoms with van der Waals surface area (Å²) in [7, 11) is 3.96.